The number of rotatable bonds is 8. The molecule has 2 fully saturated rings. The Labute approximate surface area is 204 Å². The third-order valence-corrected chi connectivity index (χ3v) is 7.13. The highest BCUT2D eigenvalue weighted by Gasteiger charge is 2.38. The zero-order chi connectivity index (χ0) is 24.4. The van der Waals surface area contributed by atoms with Crippen molar-refractivity contribution in [3.63, 3.8) is 0 Å². The van der Waals surface area contributed by atoms with Gasteiger partial charge in [0.2, 0.25) is 5.91 Å². The molecule has 2 atom stereocenters. The minimum Gasteiger partial charge on any atom is -0.481 e. The highest BCUT2D eigenvalue weighted by molar-refractivity contribution is 5.86. The molecular formula is C27H30N2O6. The van der Waals surface area contributed by atoms with Crippen LogP contribution in [0.5, 0.6) is 0 Å². The summed E-state index contributed by atoms with van der Waals surface area (Å²) in [5.74, 6) is -0.915. The van der Waals surface area contributed by atoms with E-state index >= 15 is 0 Å². The molecule has 1 saturated heterocycles. The number of amides is 2. The molecule has 2 amide bonds. The van der Waals surface area contributed by atoms with Gasteiger partial charge >= 0.3 is 12.1 Å². The Kier molecular flexibility index (Phi) is 6.72. The quantitative estimate of drug-likeness (QED) is 0.603. The van der Waals surface area contributed by atoms with Gasteiger partial charge in [0.05, 0.1) is 12.7 Å². The number of hydrogen-bond donors (Lipinski definition) is 2. The summed E-state index contributed by atoms with van der Waals surface area (Å²) >= 11 is 0. The predicted molar refractivity (Wildman–Crippen MR) is 128 cm³/mol. The summed E-state index contributed by atoms with van der Waals surface area (Å²) < 4.78 is 11.4. The van der Waals surface area contributed by atoms with E-state index < -0.39 is 18.1 Å². The highest BCUT2D eigenvalue weighted by atomic mass is 16.5. The fourth-order valence-corrected chi connectivity index (χ4v) is 5.16. The Hall–Kier alpha value is -3.39. The molecule has 0 spiro atoms. The number of alkyl carbamates (subject to hydrolysis) is 1. The monoisotopic (exact) mass is 478 g/mol. The van der Waals surface area contributed by atoms with Gasteiger partial charge in [-0.05, 0) is 47.4 Å². The number of hydrogen-bond acceptors (Lipinski definition) is 5. The van der Waals surface area contributed by atoms with Gasteiger partial charge in [-0.25, -0.2) is 4.79 Å². The second-order valence-corrected chi connectivity index (χ2v) is 9.49. The van der Waals surface area contributed by atoms with Crippen molar-refractivity contribution in [2.75, 3.05) is 26.3 Å². The number of aliphatic carboxylic acids is 1. The maximum absolute atomic E-state index is 13.2. The Balaban J connectivity index is 1.24. The second kappa shape index (κ2) is 10.1. The van der Waals surface area contributed by atoms with Crippen LogP contribution in [-0.2, 0) is 19.1 Å². The van der Waals surface area contributed by atoms with Gasteiger partial charge in [0.1, 0.15) is 12.6 Å². The summed E-state index contributed by atoms with van der Waals surface area (Å²) in [5.41, 5.74) is 4.45. The first-order valence-corrected chi connectivity index (χ1v) is 12.2. The van der Waals surface area contributed by atoms with E-state index in [0.29, 0.717) is 25.6 Å². The minimum atomic E-state index is -1.02. The number of fused-ring (bicyclic) bond motifs is 3. The molecule has 1 aliphatic heterocycles. The molecule has 35 heavy (non-hydrogen) atoms. The van der Waals surface area contributed by atoms with Crippen LogP contribution in [0, 0.1) is 5.92 Å². The molecule has 3 aliphatic rings. The third-order valence-electron chi connectivity index (χ3n) is 7.13. The standard InChI is InChI=1S/C27H30N2O6/c30-25(31)12-11-23(26(32)29-13-14-34-24(15-29)17-9-10-17)28-27(33)35-16-22-20-7-3-1-5-18(20)19-6-2-4-8-21(19)22/h1-8,17,22-24H,9-16H2,(H,28,33)(H,30,31). The molecule has 1 heterocycles. The molecule has 2 unspecified atom stereocenters. The maximum atomic E-state index is 13.2. The van der Waals surface area contributed by atoms with Gasteiger partial charge in [-0.3, -0.25) is 9.59 Å². The molecule has 2 aromatic carbocycles. The van der Waals surface area contributed by atoms with E-state index in [0.717, 1.165) is 35.1 Å². The molecule has 2 aromatic rings. The van der Waals surface area contributed by atoms with E-state index in [-0.39, 0.29) is 37.4 Å². The molecule has 184 valence electrons. The first-order valence-electron chi connectivity index (χ1n) is 12.2. The number of carboxylic acids is 1. The number of morpholine rings is 1. The van der Waals surface area contributed by atoms with Crippen LogP contribution >= 0.6 is 0 Å². The average molecular weight is 479 g/mol. The van der Waals surface area contributed by atoms with Crippen LogP contribution in [0.3, 0.4) is 0 Å². The third kappa shape index (κ3) is 5.17. The molecule has 8 heteroatoms. The maximum Gasteiger partial charge on any atom is 0.407 e. The van der Waals surface area contributed by atoms with Gasteiger partial charge in [0, 0.05) is 25.4 Å². The fourth-order valence-electron chi connectivity index (χ4n) is 5.16. The van der Waals surface area contributed by atoms with Crippen LogP contribution in [0.4, 0.5) is 4.79 Å². The first-order chi connectivity index (χ1) is 17.0. The summed E-state index contributed by atoms with van der Waals surface area (Å²) in [6.07, 6.45) is 1.28. The number of nitrogens with zero attached hydrogens (tertiary/aromatic N) is 1. The molecule has 2 aliphatic carbocycles. The second-order valence-electron chi connectivity index (χ2n) is 9.49. The number of nitrogens with one attached hydrogen (secondary N) is 1. The van der Waals surface area contributed by atoms with Gasteiger partial charge in [-0.2, -0.15) is 0 Å². The highest BCUT2D eigenvalue weighted by Crippen LogP contribution is 2.44. The van der Waals surface area contributed by atoms with Gasteiger partial charge in [-0.1, -0.05) is 48.5 Å². The number of carboxylic acid groups (broad SMARTS) is 1. The van der Waals surface area contributed by atoms with Gasteiger partial charge in [0.25, 0.3) is 0 Å². The molecule has 0 bridgehead atoms. The van der Waals surface area contributed by atoms with Gasteiger partial charge in [-0.15, -0.1) is 0 Å². The number of ether oxygens (including phenoxy) is 2. The molecule has 1 saturated carbocycles. The van der Waals surface area contributed by atoms with Crippen molar-refractivity contribution < 1.29 is 29.0 Å². The van der Waals surface area contributed by atoms with Crippen molar-refractivity contribution in [3.05, 3.63) is 59.7 Å². The number of carbonyl (C=O) groups is 3. The first kappa shape index (κ1) is 23.4. The van der Waals surface area contributed by atoms with Crippen LogP contribution in [0.25, 0.3) is 11.1 Å². The molecular weight excluding hydrogens is 448 g/mol. The van der Waals surface area contributed by atoms with Crippen LogP contribution in [0.1, 0.15) is 42.7 Å². The fraction of sp³-hybridized carbons (Fsp3) is 0.444. The van der Waals surface area contributed by atoms with E-state index in [2.05, 4.69) is 17.4 Å². The summed E-state index contributed by atoms with van der Waals surface area (Å²) in [7, 11) is 0. The van der Waals surface area contributed by atoms with E-state index in [1.54, 1.807) is 4.90 Å². The summed E-state index contributed by atoms with van der Waals surface area (Å²) in [6.45, 7) is 1.47. The molecule has 2 N–H and O–H groups in total. The van der Waals surface area contributed by atoms with Crippen LogP contribution in [0.15, 0.2) is 48.5 Å². The Morgan fingerprint density at radius 2 is 1.71 bits per heavy atom. The van der Waals surface area contributed by atoms with Crippen molar-refractivity contribution >= 4 is 18.0 Å². The Morgan fingerprint density at radius 1 is 1.06 bits per heavy atom. The number of carbonyl (C=O) groups excluding carboxylic acids is 2. The van der Waals surface area contributed by atoms with Gasteiger partial charge < -0.3 is 24.8 Å². The molecule has 0 radical (unpaired) electrons. The molecule has 0 aromatic heterocycles. The predicted octanol–water partition coefficient (Wildman–Crippen LogP) is 3.40. The van der Waals surface area contributed by atoms with Gasteiger partial charge in [0.15, 0.2) is 0 Å². The smallest absolute Gasteiger partial charge is 0.407 e. The summed E-state index contributed by atoms with van der Waals surface area (Å²) in [6, 6.07) is 15.2. The normalized spacial score (nSPS) is 20.0. The number of benzene rings is 2. The van der Waals surface area contributed by atoms with Crippen molar-refractivity contribution in [2.45, 2.75) is 43.7 Å². The molecule has 5 rings (SSSR count). The lowest BCUT2D eigenvalue weighted by atomic mass is 9.98. The van der Waals surface area contributed by atoms with E-state index in [9.17, 15) is 14.4 Å². The topological polar surface area (TPSA) is 105 Å². The van der Waals surface area contributed by atoms with Crippen LogP contribution in [0.2, 0.25) is 0 Å². The zero-order valence-electron chi connectivity index (χ0n) is 19.5. The van der Waals surface area contributed by atoms with Crippen molar-refractivity contribution in [3.8, 4) is 11.1 Å². The zero-order valence-corrected chi connectivity index (χ0v) is 19.5. The lowest BCUT2D eigenvalue weighted by Gasteiger charge is -2.35. The van der Waals surface area contributed by atoms with E-state index in [4.69, 9.17) is 14.6 Å². The van der Waals surface area contributed by atoms with Crippen LogP contribution < -0.4 is 5.32 Å². The van der Waals surface area contributed by atoms with Crippen molar-refractivity contribution in [2.24, 2.45) is 5.92 Å². The summed E-state index contributed by atoms with van der Waals surface area (Å²) in [5, 5.41) is 11.8. The van der Waals surface area contributed by atoms with Crippen molar-refractivity contribution in [1.82, 2.24) is 10.2 Å². The average Bonchev–Trinajstić information content (AvgIpc) is 3.68. The lowest BCUT2D eigenvalue weighted by molar-refractivity contribution is -0.142. The van der Waals surface area contributed by atoms with E-state index in [1.165, 1.54) is 0 Å². The molecule has 8 nitrogen and oxygen atoms in total. The Bertz CT molecular complexity index is 1070. The minimum absolute atomic E-state index is 0.00378. The lowest BCUT2D eigenvalue weighted by Crippen LogP contribution is -2.54. The van der Waals surface area contributed by atoms with E-state index in [1.807, 2.05) is 36.4 Å². The SMILES string of the molecule is O=C(O)CCC(NC(=O)OCC1c2ccccc2-c2ccccc21)C(=O)N1CCOC(C2CC2)C1. The largest absolute Gasteiger partial charge is 0.481 e. The van der Waals surface area contributed by atoms with Crippen molar-refractivity contribution in [1.29, 1.82) is 0 Å². The summed E-state index contributed by atoms with van der Waals surface area (Å²) in [4.78, 5) is 38.9. The van der Waals surface area contributed by atoms with Crippen LogP contribution in [-0.4, -0.2) is 66.4 Å². The Morgan fingerprint density at radius 3 is 2.34 bits per heavy atom.